The Morgan fingerprint density at radius 1 is 1.33 bits per heavy atom. The van der Waals surface area contributed by atoms with Crippen LogP contribution in [0.4, 0.5) is 0 Å². The molecular weight excluding hydrogens is 204 g/mol. The molecular formula is C14H15Cl. The number of hydrogen-bond acceptors (Lipinski definition) is 0. The highest BCUT2D eigenvalue weighted by Crippen LogP contribution is 2.24. The number of rotatable bonds is 4. The first-order valence-electron chi connectivity index (χ1n) is 4.88. The SMILES string of the molecule is C=C/C=C\C(=C)C(C)c1ccc(Cl)cc1. The quantitative estimate of drug-likeness (QED) is 0.641. The van der Waals surface area contributed by atoms with Crippen LogP contribution in [0, 0.1) is 0 Å². The van der Waals surface area contributed by atoms with Gasteiger partial charge < -0.3 is 0 Å². The second kappa shape index (κ2) is 5.57. The summed E-state index contributed by atoms with van der Waals surface area (Å²) in [6, 6.07) is 7.86. The summed E-state index contributed by atoms with van der Waals surface area (Å²) in [4.78, 5) is 0. The van der Waals surface area contributed by atoms with Crippen LogP contribution >= 0.6 is 11.6 Å². The molecule has 0 amide bonds. The molecule has 1 aromatic rings. The van der Waals surface area contributed by atoms with Gasteiger partial charge in [0.15, 0.2) is 0 Å². The summed E-state index contributed by atoms with van der Waals surface area (Å²) in [5.41, 5.74) is 2.29. The third kappa shape index (κ3) is 3.41. The Kier molecular flexibility index (Phi) is 4.38. The van der Waals surface area contributed by atoms with E-state index in [4.69, 9.17) is 11.6 Å². The summed E-state index contributed by atoms with van der Waals surface area (Å²) >= 11 is 5.83. The normalized spacial score (nSPS) is 12.7. The molecule has 0 spiro atoms. The van der Waals surface area contributed by atoms with E-state index in [1.54, 1.807) is 6.08 Å². The monoisotopic (exact) mass is 218 g/mol. The van der Waals surface area contributed by atoms with Crippen molar-refractivity contribution in [1.29, 1.82) is 0 Å². The van der Waals surface area contributed by atoms with Gasteiger partial charge >= 0.3 is 0 Å². The first kappa shape index (κ1) is 11.8. The van der Waals surface area contributed by atoms with E-state index < -0.39 is 0 Å². The van der Waals surface area contributed by atoms with E-state index in [-0.39, 0.29) is 0 Å². The summed E-state index contributed by atoms with van der Waals surface area (Å²) in [5.74, 6) is 0.304. The van der Waals surface area contributed by atoms with E-state index in [1.165, 1.54) is 5.56 Å². The molecule has 1 aromatic carbocycles. The summed E-state index contributed by atoms with van der Waals surface area (Å²) in [6.45, 7) is 9.78. The molecule has 0 N–H and O–H groups in total. The van der Waals surface area contributed by atoms with Gasteiger partial charge in [0.25, 0.3) is 0 Å². The Morgan fingerprint density at radius 2 is 1.93 bits per heavy atom. The molecule has 0 saturated heterocycles. The molecule has 15 heavy (non-hydrogen) atoms. The average Bonchev–Trinajstić information content (AvgIpc) is 2.26. The Bertz CT molecular complexity index is 371. The Labute approximate surface area is 96.6 Å². The summed E-state index contributed by atoms with van der Waals surface area (Å²) in [5, 5.41) is 0.762. The minimum Gasteiger partial charge on any atom is -0.0991 e. The Morgan fingerprint density at radius 3 is 2.47 bits per heavy atom. The third-order valence-corrected chi connectivity index (χ3v) is 2.62. The molecule has 0 radical (unpaired) electrons. The van der Waals surface area contributed by atoms with Crippen LogP contribution in [0.1, 0.15) is 18.4 Å². The van der Waals surface area contributed by atoms with Crippen molar-refractivity contribution >= 4 is 11.6 Å². The van der Waals surface area contributed by atoms with Gasteiger partial charge in [-0.25, -0.2) is 0 Å². The second-order valence-corrected chi connectivity index (χ2v) is 3.88. The van der Waals surface area contributed by atoms with Crippen LogP contribution in [-0.2, 0) is 0 Å². The molecule has 0 saturated carbocycles. The fourth-order valence-electron chi connectivity index (χ4n) is 1.30. The van der Waals surface area contributed by atoms with Gasteiger partial charge in [-0.2, -0.15) is 0 Å². The highest BCUT2D eigenvalue weighted by molar-refractivity contribution is 6.30. The van der Waals surface area contributed by atoms with Crippen LogP contribution < -0.4 is 0 Å². The van der Waals surface area contributed by atoms with Crippen LogP contribution in [0.5, 0.6) is 0 Å². The van der Waals surface area contributed by atoms with E-state index >= 15 is 0 Å². The predicted molar refractivity (Wildman–Crippen MR) is 68.3 cm³/mol. The third-order valence-electron chi connectivity index (χ3n) is 2.37. The fourth-order valence-corrected chi connectivity index (χ4v) is 1.43. The number of hydrogen-bond donors (Lipinski definition) is 0. The molecule has 1 heteroatoms. The lowest BCUT2D eigenvalue weighted by Crippen LogP contribution is -1.94. The van der Waals surface area contributed by atoms with Crippen LogP contribution in [0.25, 0.3) is 0 Å². The zero-order valence-electron chi connectivity index (χ0n) is 8.91. The number of allylic oxidation sites excluding steroid dienone is 4. The fraction of sp³-hybridized carbons (Fsp3) is 0.143. The van der Waals surface area contributed by atoms with E-state index in [2.05, 4.69) is 20.1 Å². The lowest BCUT2D eigenvalue weighted by molar-refractivity contribution is 0.926. The van der Waals surface area contributed by atoms with E-state index in [0.717, 1.165) is 10.6 Å². The zero-order chi connectivity index (χ0) is 11.3. The largest absolute Gasteiger partial charge is 0.0991 e. The Hall–Kier alpha value is -1.27. The number of halogens is 1. The highest BCUT2D eigenvalue weighted by Gasteiger charge is 2.06. The molecule has 0 bridgehead atoms. The lowest BCUT2D eigenvalue weighted by atomic mass is 9.94. The van der Waals surface area contributed by atoms with Gasteiger partial charge in [0.1, 0.15) is 0 Å². The highest BCUT2D eigenvalue weighted by atomic mass is 35.5. The van der Waals surface area contributed by atoms with Gasteiger partial charge in [-0.15, -0.1) is 0 Å². The van der Waals surface area contributed by atoms with Crippen molar-refractivity contribution in [1.82, 2.24) is 0 Å². The van der Waals surface area contributed by atoms with Crippen LogP contribution in [0.3, 0.4) is 0 Å². The van der Waals surface area contributed by atoms with Gasteiger partial charge in [-0.1, -0.05) is 62.0 Å². The van der Waals surface area contributed by atoms with Gasteiger partial charge in [0.05, 0.1) is 0 Å². The van der Waals surface area contributed by atoms with Gasteiger partial charge in [0, 0.05) is 10.9 Å². The molecule has 0 aliphatic carbocycles. The van der Waals surface area contributed by atoms with Gasteiger partial charge in [-0.05, 0) is 23.3 Å². The predicted octanol–water partition coefficient (Wildman–Crippen LogP) is 4.74. The maximum absolute atomic E-state index is 5.83. The molecule has 0 aliphatic rings. The molecule has 1 atom stereocenters. The summed E-state index contributed by atoms with van der Waals surface area (Å²) in [7, 11) is 0. The molecule has 1 rings (SSSR count). The van der Waals surface area contributed by atoms with Crippen LogP contribution in [-0.4, -0.2) is 0 Å². The van der Waals surface area contributed by atoms with Crippen molar-refractivity contribution in [2.75, 3.05) is 0 Å². The van der Waals surface area contributed by atoms with Crippen molar-refractivity contribution in [3.8, 4) is 0 Å². The van der Waals surface area contributed by atoms with E-state index in [0.29, 0.717) is 5.92 Å². The number of benzene rings is 1. The van der Waals surface area contributed by atoms with Crippen molar-refractivity contribution in [2.45, 2.75) is 12.8 Å². The molecule has 0 heterocycles. The molecule has 0 aromatic heterocycles. The van der Waals surface area contributed by atoms with Crippen LogP contribution in [0.2, 0.25) is 5.02 Å². The molecule has 78 valence electrons. The Balaban J connectivity index is 2.80. The smallest absolute Gasteiger partial charge is 0.0406 e. The zero-order valence-corrected chi connectivity index (χ0v) is 9.67. The standard InChI is InChI=1S/C14H15Cl/c1-4-5-6-11(2)12(3)13-7-9-14(15)10-8-13/h4-10,12H,1-2H2,3H3/b6-5-. The topological polar surface area (TPSA) is 0 Å². The minimum atomic E-state index is 0.304. The van der Waals surface area contributed by atoms with Gasteiger partial charge in [-0.3, -0.25) is 0 Å². The summed E-state index contributed by atoms with van der Waals surface area (Å²) in [6.07, 6.45) is 5.63. The minimum absolute atomic E-state index is 0.304. The maximum Gasteiger partial charge on any atom is 0.0406 e. The summed E-state index contributed by atoms with van der Waals surface area (Å²) < 4.78 is 0. The maximum atomic E-state index is 5.83. The van der Waals surface area contributed by atoms with Crippen molar-refractivity contribution in [2.24, 2.45) is 0 Å². The molecule has 0 fully saturated rings. The lowest BCUT2D eigenvalue weighted by Gasteiger charge is -2.11. The molecule has 0 nitrogen and oxygen atoms in total. The first-order valence-corrected chi connectivity index (χ1v) is 5.26. The van der Waals surface area contributed by atoms with Crippen molar-refractivity contribution < 1.29 is 0 Å². The van der Waals surface area contributed by atoms with Crippen molar-refractivity contribution in [3.05, 3.63) is 71.8 Å². The molecule has 1 unspecified atom stereocenters. The van der Waals surface area contributed by atoms with E-state index in [1.807, 2.05) is 36.4 Å². The van der Waals surface area contributed by atoms with Crippen molar-refractivity contribution in [3.63, 3.8) is 0 Å². The van der Waals surface area contributed by atoms with E-state index in [9.17, 15) is 0 Å². The van der Waals surface area contributed by atoms with Gasteiger partial charge in [0.2, 0.25) is 0 Å². The first-order chi connectivity index (χ1) is 7.15. The second-order valence-electron chi connectivity index (χ2n) is 3.44. The average molecular weight is 219 g/mol. The molecule has 0 aliphatic heterocycles. The van der Waals surface area contributed by atoms with Crippen LogP contribution in [0.15, 0.2) is 61.2 Å².